The second-order valence-corrected chi connectivity index (χ2v) is 7.97. The van der Waals surface area contributed by atoms with Crippen molar-refractivity contribution in [2.45, 2.75) is 36.7 Å². The van der Waals surface area contributed by atoms with E-state index < -0.39 is 5.25 Å². The molecule has 0 radical (unpaired) electrons. The van der Waals surface area contributed by atoms with Gasteiger partial charge in [0.1, 0.15) is 11.0 Å². The van der Waals surface area contributed by atoms with Crippen LogP contribution in [0, 0.1) is 6.92 Å². The van der Waals surface area contributed by atoms with Gasteiger partial charge in [0.15, 0.2) is 5.82 Å². The van der Waals surface area contributed by atoms with Gasteiger partial charge in [-0.25, -0.2) is 4.68 Å². The molecular formula is C21H23N5O2S. The molecule has 1 amide bonds. The van der Waals surface area contributed by atoms with Crippen LogP contribution < -0.4 is 15.5 Å². The van der Waals surface area contributed by atoms with Gasteiger partial charge in [-0.1, -0.05) is 43.0 Å². The van der Waals surface area contributed by atoms with E-state index in [1.807, 2.05) is 67.1 Å². The van der Waals surface area contributed by atoms with Crippen LogP contribution in [0.25, 0.3) is 0 Å². The number of rotatable bonds is 5. The monoisotopic (exact) mass is 409 g/mol. The van der Waals surface area contributed by atoms with E-state index in [0.717, 1.165) is 34.8 Å². The third-order valence-electron chi connectivity index (χ3n) is 4.84. The summed E-state index contributed by atoms with van der Waals surface area (Å²) >= 11 is 1.42. The first kappa shape index (κ1) is 19.3. The first-order valence-electron chi connectivity index (χ1n) is 9.48. The summed E-state index contributed by atoms with van der Waals surface area (Å²) in [6.07, 6.45) is 0.746. The fraction of sp³-hybridized carbons (Fsp3) is 0.286. The first-order valence-corrected chi connectivity index (χ1v) is 10.4. The van der Waals surface area contributed by atoms with E-state index in [0.29, 0.717) is 5.16 Å². The van der Waals surface area contributed by atoms with Gasteiger partial charge in [0.05, 0.1) is 13.2 Å². The average Bonchev–Trinajstić information content (AvgIpc) is 3.15. The van der Waals surface area contributed by atoms with Crippen molar-refractivity contribution in [2.24, 2.45) is 0 Å². The molecule has 0 unspecified atom stereocenters. The molecule has 0 saturated heterocycles. The van der Waals surface area contributed by atoms with Gasteiger partial charge in [-0.15, -0.1) is 10.2 Å². The van der Waals surface area contributed by atoms with Crippen molar-refractivity contribution >= 4 is 23.4 Å². The van der Waals surface area contributed by atoms with Crippen LogP contribution in [0.4, 0.5) is 5.69 Å². The molecule has 2 aromatic carbocycles. The zero-order chi connectivity index (χ0) is 20.4. The number of carbonyl (C=O) groups excluding carboxylic acids is 1. The molecule has 1 aliphatic heterocycles. The van der Waals surface area contributed by atoms with Gasteiger partial charge in [-0.05, 0) is 42.3 Å². The number of hydrogen-bond acceptors (Lipinski definition) is 6. The molecule has 150 valence electrons. The van der Waals surface area contributed by atoms with Crippen molar-refractivity contribution in [1.82, 2.24) is 14.9 Å². The SMILES string of the molecule is CCc1nnc2n1N[C@@H](c1ccc(OC)cc1)[C@H](C(=O)Nc1cccc(C)c1)S2. The lowest BCUT2D eigenvalue weighted by molar-refractivity contribution is -0.116. The zero-order valence-electron chi connectivity index (χ0n) is 16.5. The molecule has 2 N–H and O–H groups in total. The number of ether oxygens (including phenoxy) is 1. The largest absolute Gasteiger partial charge is 0.497 e. The predicted octanol–water partition coefficient (Wildman–Crippen LogP) is 3.56. The van der Waals surface area contributed by atoms with Crippen molar-refractivity contribution in [1.29, 1.82) is 0 Å². The maximum atomic E-state index is 13.2. The molecule has 1 aliphatic rings. The van der Waals surface area contributed by atoms with E-state index in [9.17, 15) is 4.79 Å². The minimum Gasteiger partial charge on any atom is -0.497 e. The standard InChI is InChI=1S/C21H23N5O2S/c1-4-17-23-24-21-26(17)25-18(14-8-10-16(28-3)11-9-14)19(29-21)20(27)22-15-7-5-6-13(2)12-15/h5-12,18-19,25H,4H2,1-3H3,(H,22,27)/t18-,19+/m0/s1. The summed E-state index contributed by atoms with van der Waals surface area (Å²) in [5.74, 6) is 1.53. The first-order chi connectivity index (χ1) is 14.1. The summed E-state index contributed by atoms with van der Waals surface area (Å²) in [5, 5.41) is 11.8. The number of benzene rings is 2. The average molecular weight is 410 g/mol. The number of carbonyl (C=O) groups is 1. The topological polar surface area (TPSA) is 81.1 Å². The van der Waals surface area contributed by atoms with E-state index in [4.69, 9.17) is 4.74 Å². The molecule has 0 fully saturated rings. The summed E-state index contributed by atoms with van der Waals surface area (Å²) in [5.41, 5.74) is 6.31. The molecule has 4 rings (SSSR count). The van der Waals surface area contributed by atoms with Gasteiger partial charge in [0.2, 0.25) is 11.1 Å². The van der Waals surface area contributed by atoms with Crippen LogP contribution in [0.5, 0.6) is 5.75 Å². The summed E-state index contributed by atoms with van der Waals surface area (Å²) in [4.78, 5) is 13.2. The number of methoxy groups -OCH3 is 1. The van der Waals surface area contributed by atoms with E-state index in [1.54, 1.807) is 7.11 Å². The number of aromatic nitrogens is 3. The number of nitrogens with zero attached hydrogens (tertiary/aromatic N) is 3. The Kier molecular flexibility index (Phi) is 5.44. The smallest absolute Gasteiger partial charge is 0.240 e. The molecule has 0 saturated carbocycles. The molecule has 8 heteroatoms. The fourth-order valence-electron chi connectivity index (χ4n) is 3.33. The van der Waals surface area contributed by atoms with Crippen LogP contribution >= 0.6 is 11.8 Å². The van der Waals surface area contributed by atoms with Crippen molar-refractivity contribution in [3.63, 3.8) is 0 Å². The van der Waals surface area contributed by atoms with Crippen molar-refractivity contribution in [3.05, 3.63) is 65.5 Å². The summed E-state index contributed by atoms with van der Waals surface area (Å²) < 4.78 is 7.16. The lowest BCUT2D eigenvalue weighted by Gasteiger charge is -2.33. The van der Waals surface area contributed by atoms with Gasteiger partial charge in [0, 0.05) is 12.1 Å². The van der Waals surface area contributed by atoms with Crippen molar-refractivity contribution < 1.29 is 9.53 Å². The number of anilines is 1. The summed E-state index contributed by atoms with van der Waals surface area (Å²) in [6, 6.07) is 15.3. The number of thioether (sulfide) groups is 1. The maximum absolute atomic E-state index is 13.2. The molecule has 7 nitrogen and oxygen atoms in total. The second-order valence-electron chi connectivity index (χ2n) is 6.86. The highest BCUT2D eigenvalue weighted by Crippen LogP contribution is 2.38. The number of hydrogen-bond donors (Lipinski definition) is 2. The van der Waals surface area contributed by atoms with Crippen molar-refractivity contribution in [3.8, 4) is 5.75 Å². The van der Waals surface area contributed by atoms with Crippen LogP contribution in [0.3, 0.4) is 0 Å². The lowest BCUT2D eigenvalue weighted by atomic mass is 10.0. The van der Waals surface area contributed by atoms with Crippen LogP contribution in [0.15, 0.2) is 53.7 Å². The van der Waals surface area contributed by atoms with Gasteiger partial charge in [0.25, 0.3) is 0 Å². The third-order valence-corrected chi connectivity index (χ3v) is 6.05. The Labute approximate surface area is 173 Å². The summed E-state index contributed by atoms with van der Waals surface area (Å²) in [6.45, 7) is 4.03. The van der Waals surface area contributed by atoms with Crippen LogP contribution in [0.2, 0.25) is 0 Å². The maximum Gasteiger partial charge on any atom is 0.240 e. The Hall–Kier alpha value is -3.00. The Balaban J connectivity index is 1.66. The van der Waals surface area contributed by atoms with E-state index in [2.05, 4.69) is 20.9 Å². The quantitative estimate of drug-likeness (QED) is 0.671. The van der Waals surface area contributed by atoms with E-state index in [-0.39, 0.29) is 11.9 Å². The molecule has 0 bridgehead atoms. The molecule has 0 spiro atoms. The molecule has 2 heterocycles. The highest BCUT2D eigenvalue weighted by atomic mass is 32.2. The minimum atomic E-state index is -0.412. The highest BCUT2D eigenvalue weighted by Gasteiger charge is 2.37. The highest BCUT2D eigenvalue weighted by molar-refractivity contribution is 8.00. The number of nitrogens with one attached hydrogen (secondary N) is 2. The molecule has 0 aliphatic carbocycles. The molecular weight excluding hydrogens is 386 g/mol. The Morgan fingerprint density at radius 3 is 2.72 bits per heavy atom. The van der Waals surface area contributed by atoms with Crippen LogP contribution in [-0.4, -0.2) is 33.1 Å². The molecule has 3 aromatic rings. The second kappa shape index (κ2) is 8.16. The fourth-order valence-corrected chi connectivity index (χ4v) is 4.42. The zero-order valence-corrected chi connectivity index (χ0v) is 17.4. The predicted molar refractivity (Wildman–Crippen MR) is 114 cm³/mol. The Morgan fingerprint density at radius 1 is 1.24 bits per heavy atom. The third kappa shape index (κ3) is 3.93. The molecule has 29 heavy (non-hydrogen) atoms. The van der Waals surface area contributed by atoms with Crippen LogP contribution in [0.1, 0.15) is 29.9 Å². The molecule has 2 atom stereocenters. The Bertz CT molecular complexity index is 1020. The van der Waals surface area contributed by atoms with E-state index >= 15 is 0 Å². The van der Waals surface area contributed by atoms with Crippen molar-refractivity contribution in [2.75, 3.05) is 17.9 Å². The Morgan fingerprint density at radius 2 is 2.03 bits per heavy atom. The molecule has 1 aromatic heterocycles. The number of fused-ring (bicyclic) bond motifs is 1. The van der Waals surface area contributed by atoms with E-state index in [1.165, 1.54) is 11.8 Å². The lowest BCUT2D eigenvalue weighted by Crippen LogP contribution is -2.41. The summed E-state index contributed by atoms with van der Waals surface area (Å²) in [7, 11) is 1.64. The number of amides is 1. The van der Waals surface area contributed by atoms with Gasteiger partial charge in [-0.3, -0.25) is 4.79 Å². The van der Waals surface area contributed by atoms with Gasteiger partial charge < -0.3 is 15.5 Å². The van der Waals surface area contributed by atoms with Gasteiger partial charge in [-0.2, -0.15) is 0 Å². The van der Waals surface area contributed by atoms with Gasteiger partial charge >= 0.3 is 0 Å². The number of aryl methyl sites for hydroxylation is 2. The normalized spacial score (nSPS) is 17.9. The van der Waals surface area contributed by atoms with Crippen LogP contribution in [-0.2, 0) is 11.2 Å². The minimum absolute atomic E-state index is 0.0822.